The van der Waals surface area contributed by atoms with Crippen molar-refractivity contribution in [1.82, 2.24) is 20.0 Å². The van der Waals surface area contributed by atoms with Crippen molar-refractivity contribution >= 4 is 29.1 Å². The molecule has 2 aromatic heterocycles. The van der Waals surface area contributed by atoms with Crippen LogP contribution in [0.1, 0.15) is 41.3 Å². The fourth-order valence-electron chi connectivity index (χ4n) is 2.94. The number of halogens is 2. The Balaban J connectivity index is 1.43. The summed E-state index contributed by atoms with van der Waals surface area (Å²) in [6.07, 6.45) is 3.17. The SMILES string of the molecule is Cc1nn(CCCNC(=O)c2ccc(CN3CCCC3)o2)c(Cl)c1Cl. The van der Waals surface area contributed by atoms with Gasteiger partial charge in [0, 0.05) is 13.1 Å². The summed E-state index contributed by atoms with van der Waals surface area (Å²) in [4.78, 5) is 14.5. The van der Waals surface area contributed by atoms with Crippen LogP contribution in [0.4, 0.5) is 0 Å². The maximum Gasteiger partial charge on any atom is 0.286 e. The van der Waals surface area contributed by atoms with Crippen molar-refractivity contribution in [3.05, 3.63) is 39.5 Å². The molecule has 0 radical (unpaired) electrons. The van der Waals surface area contributed by atoms with Crippen LogP contribution in [0.2, 0.25) is 10.2 Å². The van der Waals surface area contributed by atoms with E-state index in [4.69, 9.17) is 27.6 Å². The molecule has 0 unspecified atom stereocenters. The van der Waals surface area contributed by atoms with Gasteiger partial charge in [-0.1, -0.05) is 23.2 Å². The van der Waals surface area contributed by atoms with Crippen molar-refractivity contribution in [2.45, 2.75) is 39.3 Å². The lowest BCUT2D eigenvalue weighted by atomic mass is 10.3. The highest BCUT2D eigenvalue weighted by Crippen LogP contribution is 2.24. The Morgan fingerprint density at radius 3 is 2.76 bits per heavy atom. The molecule has 25 heavy (non-hydrogen) atoms. The number of likely N-dealkylation sites (tertiary alicyclic amines) is 1. The molecule has 1 amide bonds. The summed E-state index contributed by atoms with van der Waals surface area (Å²) in [6, 6.07) is 3.61. The van der Waals surface area contributed by atoms with Crippen molar-refractivity contribution in [1.29, 1.82) is 0 Å². The Bertz CT molecular complexity index is 735. The highest BCUT2D eigenvalue weighted by molar-refractivity contribution is 6.41. The first-order chi connectivity index (χ1) is 12.0. The van der Waals surface area contributed by atoms with Crippen molar-refractivity contribution < 1.29 is 9.21 Å². The Morgan fingerprint density at radius 2 is 2.08 bits per heavy atom. The standard InChI is InChI=1S/C17H22Cl2N4O2/c1-12-15(18)16(19)23(21-12)10-4-7-20-17(24)14-6-5-13(25-14)11-22-8-2-3-9-22/h5-6H,2-4,7-11H2,1H3,(H,20,24). The van der Waals surface area contributed by atoms with E-state index in [1.165, 1.54) is 12.8 Å². The van der Waals surface area contributed by atoms with Crippen LogP contribution in [0.3, 0.4) is 0 Å². The van der Waals surface area contributed by atoms with E-state index in [0.717, 1.165) is 25.4 Å². The molecule has 1 aliphatic heterocycles. The zero-order valence-corrected chi connectivity index (χ0v) is 15.7. The highest BCUT2D eigenvalue weighted by atomic mass is 35.5. The minimum absolute atomic E-state index is 0.201. The van der Waals surface area contributed by atoms with E-state index in [-0.39, 0.29) is 5.91 Å². The number of nitrogens with zero attached hydrogens (tertiary/aromatic N) is 3. The van der Waals surface area contributed by atoms with Gasteiger partial charge in [-0.2, -0.15) is 5.10 Å². The number of aryl methyl sites for hydroxylation is 2. The quantitative estimate of drug-likeness (QED) is 0.741. The number of aromatic nitrogens is 2. The normalized spacial score (nSPS) is 15.0. The van der Waals surface area contributed by atoms with Gasteiger partial charge in [0.15, 0.2) is 5.76 Å². The number of carbonyl (C=O) groups excluding carboxylic acids is 1. The van der Waals surface area contributed by atoms with Crippen molar-refractivity contribution in [3.63, 3.8) is 0 Å². The summed E-state index contributed by atoms with van der Waals surface area (Å²) in [5, 5.41) is 8.02. The highest BCUT2D eigenvalue weighted by Gasteiger charge is 2.16. The second-order valence-electron chi connectivity index (χ2n) is 6.27. The van der Waals surface area contributed by atoms with E-state index in [0.29, 0.717) is 41.1 Å². The largest absolute Gasteiger partial charge is 0.455 e. The van der Waals surface area contributed by atoms with Crippen LogP contribution >= 0.6 is 23.2 Å². The van der Waals surface area contributed by atoms with Gasteiger partial charge in [-0.25, -0.2) is 0 Å². The molecule has 136 valence electrons. The molecule has 0 saturated carbocycles. The molecule has 0 atom stereocenters. The van der Waals surface area contributed by atoms with Crippen molar-refractivity contribution in [2.75, 3.05) is 19.6 Å². The van der Waals surface area contributed by atoms with Gasteiger partial charge in [0.2, 0.25) is 0 Å². The van der Waals surface area contributed by atoms with E-state index >= 15 is 0 Å². The molecule has 0 aliphatic carbocycles. The average molecular weight is 385 g/mol. The zero-order valence-electron chi connectivity index (χ0n) is 14.2. The second kappa shape index (κ2) is 8.25. The molecule has 2 aromatic rings. The molecule has 1 N–H and O–H groups in total. The summed E-state index contributed by atoms with van der Waals surface area (Å²) < 4.78 is 7.30. The molecule has 0 aromatic carbocycles. The molecular formula is C17H22Cl2N4O2. The second-order valence-corrected chi connectivity index (χ2v) is 7.01. The van der Waals surface area contributed by atoms with Gasteiger partial charge in [0.1, 0.15) is 15.9 Å². The summed E-state index contributed by atoms with van der Waals surface area (Å²) in [7, 11) is 0. The Hall–Kier alpha value is -1.50. The fraction of sp³-hybridized carbons (Fsp3) is 0.529. The van der Waals surface area contributed by atoms with Gasteiger partial charge in [0.05, 0.1) is 12.2 Å². The van der Waals surface area contributed by atoms with Gasteiger partial charge in [-0.15, -0.1) is 0 Å². The first kappa shape index (κ1) is 18.3. The van der Waals surface area contributed by atoms with Crippen LogP contribution in [0.25, 0.3) is 0 Å². The van der Waals surface area contributed by atoms with Gasteiger partial charge < -0.3 is 9.73 Å². The number of amides is 1. The van der Waals surface area contributed by atoms with Gasteiger partial charge in [0.25, 0.3) is 5.91 Å². The third-order valence-corrected chi connectivity index (χ3v) is 5.23. The molecule has 0 spiro atoms. The fourth-order valence-corrected chi connectivity index (χ4v) is 3.34. The molecule has 3 rings (SSSR count). The molecule has 1 fully saturated rings. The lowest BCUT2D eigenvalue weighted by molar-refractivity contribution is 0.0921. The van der Waals surface area contributed by atoms with E-state index in [1.54, 1.807) is 10.7 Å². The molecule has 3 heterocycles. The average Bonchev–Trinajstić information content (AvgIpc) is 3.32. The van der Waals surface area contributed by atoms with Gasteiger partial charge in [-0.05, 0) is 51.4 Å². The van der Waals surface area contributed by atoms with E-state index in [1.807, 2.05) is 13.0 Å². The molecule has 0 bridgehead atoms. The van der Waals surface area contributed by atoms with Crippen LogP contribution in [-0.4, -0.2) is 40.2 Å². The summed E-state index contributed by atoms with van der Waals surface area (Å²) in [5.74, 6) is 0.985. The predicted molar refractivity (Wildman–Crippen MR) is 97.2 cm³/mol. The minimum Gasteiger partial charge on any atom is -0.455 e. The first-order valence-corrected chi connectivity index (χ1v) is 9.28. The van der Waals surface area contributed by atoms with E-state index < -0.39 is 0 Å². The Labute approximate surface area is 157 Å². The molecule has 8 heteroatoms. The lowest BCUT2D eigenvalue weighted by Gasteiger charge is -2.11. The van der Waals surface area contributed by atoms with Crippen LogP contribution in [-0.2, 0) is 13.1 Å². The predicted octanol–water partition coefficient (Wildman–Crippen LogP) is 3.51. The van der Waals surface area contributed by atoms with Crippen LogP contribution in [0, 0.1) is 6.92 Å². The number of furan rings is 1. The van der Waals surface area contributed by atoms with Crippen LogP contribution in [0.15, 0.2) is 16.5 Å². The van der Waals surface area contributed by atoms with Crippen LogP contribution < -0.4 is 5.32 Å². The molecule has 6 nitrogen and oxygen atoms in total. The molecule has 1 saturated heterocycles. The number of hydrogen-bond donors (Lipinski definition) is 1. The van der Waals surface area contributed by atoms with E-state index in [9.17, 15) is 4.79 Å². The smallest absolute Gasteiger partial charge is 0.286 e. The summed E-state index contributed by atoms with van der Waals surface area (Å²) in [6.45, 7) is 5.87. The molecule has 1 aliphatic rings. The number of carbonyl (C=O) groups is 1. The minimum atomic E-state index is -0.201. The Morgan fingerprint density at radius 1 is 1.32 bits per heavy atom. The summed E-state index contributed by atoms with van der Waals surface area (Å²) in [5.41, 5.74) is 0.705. The number of hydrogen-bond acceptors (Lipinski definition) is 4. The lowest BCUT2D eigenvalue weighted by Crippen LogP contribution is -2.25. The van der Waals surface area contributed by atoms with Crippen molar-refractivity contribution in [2.24, 2.45) is 0 Å². The van der Waals surface area contributed by atoms with Crippen LogP contribution in [0.5, 0.6) is 0 Å². The number of rotatable bonds is 7. The summed E-state index contributed by atoms with van der Waals surface area (Å²) >= 11 is 12.1. The first-order valence-electron chi connectivity index (χ1n) is 8.52. The third-order valence-electron chi connectivity index (χ3n) is 4.29. The monoisotopic (exact) mass is 384 g/mol. The number of nitrogens with one attached hydrogen (secondary N) is 1. The Kier molecular flexibility index (Phi) is 6.04. The van der Waals surface area contributed by atoms with Crippen molar-refractivity contribution in [3.8, 4) is 0 Å². The maximum absolute atomic E-state index is 12.1. The zero-order chi connectivity index (χ0) is 17.8. The van der Waals surface area contributed by atoms with Gasteiger partial charge in [-0.3, -0.25) is 14.4 Å². The van der Waals surface area contributed by atoms with E-state index in [2.05, 4.69) is 15.3 Å². The topological polar surface area (TPSA) is 63.3 Å². The third kappa shape index (κ3) is 4.57. The van der Waals surface area contributed by atoms with Gasteiger partial charge >= 0.3 is 0 Å². The maximum atomic E-state index is 12.1. The molecular weight excluding hydrogens is 363 g/mol.